The van der Waals surface area contributed by atoms with E-state index in [0.29, 0.717) is 36.6 Å². The second-order valence-electron chi connectivity index (χ2n) is 6.61. The van der Waals surface area contributed by atoms with E-state index in [1.54, 1.807) is 18.2 Å². The zero-order valence-corrected chi connectivity index (χ0v) is 16.7. The van der Waals surface area contributed by atoms with Gasteiger partial charge in [0, 0.05) is 23.4 Å². The number of anilines is 1. The van der Waals surface area contributed by atoms with Crippen LogP contribution < -0.4 is 14.8 Å². The molecule has 0 unspecified atom stereocenters. The van der Waals surface area contributed by atoms with E-state index in [4.69, 9.17) is 9.47 Å². The van der Waals surface area contributed by atoms with E-state index in [2.05, 4.69) is 18.0 Å². The Labute approximate surface area is 171 Å². The summed E-state index contributed by atoms with van der Waals surface area (Å²) in [7, 11) is 0. The molecule has 1 N–H and O–H groups in total. The highest BCUT2D eigenvalue weighted by molar-refractivity contribution is 5.52. The highest BCUT2D eigenvalue weighted by atomic mass is 19.1. The first-order valence-electron chi connectivity index (χ1n) is 9.76. The molecule has 4 heteroatoms. The number of rotatable bonds is 10. The van der Waals surface area contributed by atoms with E-state index in [1.807, 2.05) is 49.4 Å². The number of ether oxygens (including phenoxy) is 2. The Morgan fingerprint density at radius 2 is 1.72 bits per heavy atom. The van der Waals surface area contributed by atoms with Crippen molar-refractivity contribution >= 4 is 5.69 Å². The van der Waals surface area contributed by atoms with Crippen molar-refractivity contribution in [2.45, 2.75) is 26.5 Å². The van der Waals surface area contributed by atoms with E-state index in [-0.39, 0.29) is 12.4 Å². The summed E-state index contributed by atoms with van der Waals surface area (Å²) >= 11 is 0. The van der Waals surface area contributed by atoms with Gasteiger partial charge in [0.15, 0.2) is 11.5 Å². The van der Waals surface area contributed by atoms with E-state index in [1.165, 1.54) is 6.07 Å². The van der Waals surface area contributed by atoms with Crippen molar-refractivity contribution in [1.29, 1.82) is 0 Å². The molecule has 3 aromatic rings. The maximum Gasteiger partial charge on any atom is 0.165 e. The van der Waals surface area contributed by atoms with Crippen molar-refractivity contribution < 1.29 is 13.9 Å². The van der Waals surface area contributed by atoms with Gasteiger partial charge < -0.3 is 14.8 Å². The van der Waals surface area contributed by atoms with Gasteiger partial charge in [0.25, 0.3) is 0 Å². The standard InChI is InChI=1S/C25H26FNO2/c1-3-10-20-15-19(17-27-22-12-6-5-7-13-22)16-24(28-4-2)25(20)29-18-21-11-8-9-14-23(21)26/h3,5-9,11-16,27H,1,4,10,17-18H2,2H3. The Morgan fingerprint density at radius 3 is 2.45 bits per heavy atom. The first kappa shape index (κ1) is 20.5. The lowest BCUT2D eigenvalue weighted by molar-refractivity contribution is 0.263. The molecule has 3 nitrogen and oxygen atoms in total. The smallest absolute Gasteiger partial charge is 0.165 e. The van der Waals surface area contributed by atoms with E-state index in [9.17, 15) is 4.39 Å². The fourth-order valence-corrected chi connectivity index (χ4v) is 3.08. The summed E-state index contributed by atoms with van der Waals surface area (Å²) < 4.78 is 25.9. The molecule has 3 rings (SSSR count). The Bertz CT molecular complexity index is 941. The fraction of sp³-hybridized carbons (Fsp3) is 0.200. The lowest BCUT2D eigenvalue weighted by atomic mass is 10.0. The predicted octanol–water partition coefficient (Wildman–Crippen LogP) is 6.14. The molecule has 0 amide bonds. The Kier molecular flexibility index (Phi) is 7.28. The maximum absolute atomic E-state index is 14.0. The summed E-state index contributed by atoms with van der Waals surface area (Å²) in [5.41, 5.74) is 3.60. The van der Waals surface area contributed by atoms with Crippen molar-refractivity contribution in [3.63, 3.8) is 0 Å². The van der Waals surface area contributed by atoms with Crippen LogP contribution in [0.5, 0.6) is 11.5 Å². The minimum absolute atomic E-state index is 0.137. The van der Waals surface area contributed by atoms with Crippen LogP contribution in [0.2, 0.25) is 0 Å². The predicted molar refractivity (Wildman–Crippen MR) is 116 cm³/mol. The van der Waals surface area contributed by atoms with Crippen LogP contribution in [0.4, 0.5) is 10.1 Å². The molecule has 0 aliphatic heterocycles. The summed E-state index contributed by atoms with van der Waals surface area (Å²) in [6.45, 7) is 7.09. The van der Waals surface area contributed by atoms with Crippen molar-refractivity contribution in [3.05, 3.63) is 102 Å². The first-order valence-corrected chi connectivity index (χ1v) is 9.76. The van der Waals surface area contributed by atoms with E-state index in [0.717, 1.165) is 16.8 Å². The number of hydrogen-bond acceptors (Lipinski definition) is 3. The van der Waals surface area contributed by atoms with E-state index < -0.39 is 0 Å². The molecule has 0 heterocycles. The molecular weight excluding hydrogens is 365 g/mol. The second kappa shape index (κ2) is 10.3. The van der Waals surface area contributed by atoms with Crippen LogP contribution in [-0.4, -0.2) is 6.61 Å². The average Bonchev–Trinajstić information content (AvgIpc) is 2.74. The zero-order chi connectivity index (χ0) is 20.5. The third-order valence-electron chi connectivity index (χ3n) is 4.46. The molecular formula is C25H26FNO2. The van der Waals surface area contributed by atoms with Crippen LogP contribution in [0.25, 0.3) is 0 Å². The van der Waals surface area contributed by atoms with Gasteiger partial charge in [0.05, 0.1) is 6.61 Å². The zero-order valence-electron chi connectivity index (χ0n) is 16.7. The average molecular weight is 391 g/mol. The number of allylic oxidation sites excluding steroid dienone is 1. The van der Waals surface area contributed by atoms with Crippen LogP contribution >= 0.6 is 0 Å². The van der Waals surface area contributed by atoms with Crippen molar-refractivity contribution in [1.82, 2.24) is 0 Å². The van der Waals surface area contributed by atoms with Crippen LogP contribution in [0.1, 0.15) is 23.6 Å². The van der Waals surface area contributed by atoms with Gasteiger partial charge in [-0.25, -0.2) is 4.39 Å². The van der Waals surface area contributed by atoms with Crippen LogP contribution in [0, 0.1) is 5.82 Å². The van der Waals surface area contributed by atoms with Gasteiger partial charge in [-0.3, -0.25) is 0 Å². The molecule has 0 atom stereocenters. The highest BCUT2D eigenvalue weighted by Crippen LogP contribution is 2.35. The monoisotopic (exact) mass is 391 g/mol. The van der Waals surface area contributed by atoms with E-state index >= 15 is 0 Å². The molecule has 0 saturated carbocycles. The molecule has 29 heavy (non-hydrogen) atoms. The lowest BCUT2D eigenvalue weighted by Gasteiger charge is -2.18. The number of nitrogens with one attached hydrogen (secondary N) is 1. The topological polar surface area (TPSA) is 30.5 Å². The first-order chi connectivity index (χ1) is 14.2. The van der Waals surface area contributed by atoms with Gasteiger partial charge in [-0.2, -0.15) is 0 Å². The molecule has 0 spiro atoms. The largest absolute Gasteiger partial charge is 0.490 e. The van der Waals surface area contributed by atoms with Gasteiger partial charge >= 0.3 is 0 Å². The number of para-hydroxylation sites is 1. The molecule has 0 aromatic heterocycles. The summed E-state index contributed by atoms with van der Waals surface area (Å²) in [5.74, 6) is 1.02. The van der Waals surface area contributed by atoms with Crippen molar-refractivity contribution in [2.24, 2.45) is 0 Å². The van der Waals surface area contributed by atoms with Crippen molar-refractivity contribution in [3.8, 4) is 11.5 Å². The minimum atomic E-state index is -0.278. The van der Waals surface area contributed by atoms with Gasteiger partial charge in [0.2, 0.25) is 0 Å². The summed E-state index contributed by atoms with van der Waals surface area (Å²) in [5, 5.41) is 3.41. The number of halogens is 1. The summed E-state index contributed by atoms with van der Waals surface area (Å²) in [4.78, 5) is 0. The minimum Gasteiger partial charge on any atom is -0.490 e. The molecule has 0 radical (unpaired) electrons. The van der Waals surface area contributed by atoms with Gasteiger partial charge in [-0.05, 0) is 49.2 Å². The van der Waals surface area contributed by atoms with Crippen molar-refractivity contribution in [2.75, 3.05) is 11.9 Å². The number of benzene rings is 3. The Morgan fingerprint density at radius 1 is 0.966 bits per heavy atom. The summed E-state index contributed by atoms with van der Waals surface area (Å²) in [6, 6.07) is 20.7. The molecule has 0 saturated heterocycles. The quantitative estimate of drug-likeness (QED) is 0.421. The van der Waals surface area contributed by atoms with Crippen LogP contribution in [0.3, 0.4) is 0 Å². The van der Waals surface area contributed by atoms with Gasteiger partial charge in [0.1, 0.15) is 12.4 Å². The molecule has 0 fully saturated rings. The normalized spacial score (nSPS) is 10.4. The van der Waals surface area contributed by atoms with Gasteiger partial charge in [-0.1, -0.05) is 42.5 Å². The van der Waals surface area contributed by atoms with Gasteiger partial charge in [-0.15, -0.1) is 6.58 Å². The molecule has 0 bridgehead atoms. The number of hydrogen-bond donors (Lipinski definition) is 1. The van der Waals surface area contributed by atoms with Crippen LogP contribution in [0.15, 0.2) is 79.4 Å². The molecule has 0 aliphatic rings. The third-order valence-corrected chi connectivity index (χ3v) is 4.46. The molecule has 150 valence electrons. The maximum atomic E-state index is 14.0. The van der Waals surface area contributed by atoms with Crippen LogP contribution in [-0.2, 0) is 19.6 Å². The Hall–Kier alpha value is -3.27. The lowest BCUT2D eigenvalue weighted by Crippen LogP contribution is -2.06. The molecule has 0 aliphatic carbocycles. The second-order valence-corrected chi connectivity index (χ2v) is 6.61. The molecule has 3 aromatic carbocycles. The third kappa shape index (κ3) is 5.61. The SMILES string of the molecule is C=CCc1cc(CNc2ccccc2)cc(OCC)c1OCc1ccccc1F. The highest BCUT2D eigenvalue weighted by Gasteiger charge is 2.14. The fourth-order valence-electron chi connectivity index (χ4n) is 3.08. The summed E-state index contributed by atoms with van der Waals surface area (Å²) in [6.07, 6.45) is 2.46. The Balaban J connectivity index is 1.85.